The highest BCUT2D eigenvalue weighted by molar-refractivity contribution is 5.92. The van der Waals surface area contributed by atoms with Gasteiger partial charge in [-0.25, -0.2) is 14.4 Å². The van der Waals surface area contributed by atoms with Gasteiger partial charge in [-0.15, -0.1) is 0 Å². The molecule has 0 aliphatic carbocycles. The van der Waals surface area contributed by atoms with Crippen LogP contribution in [0.4, 0.5) is 16.0 Å². The van der Waals surface area contributed by atoms with E-state index in [-0.39, 0.29) is 11.7 Å². The highest BCUT2D eigenvalue weighted by Gasteiger charge is 2.10. The smallest absolute Gasteiger partial charge is 0.270 e. The van der Waals surface area contributed by atoms with Crippen molar-refractivity contribution in [2.75, 3.05) is 11.9 Å². The summed E-state index contributed by atoms with van der Waals surface area (Å²) in [6.07, 6.45) is 0.616. The summed E-state index contributed by atoms with van der Waals surface area (Å²) in [5.41, 5.74) is 3.94. The van der Waals surface area contributed by atoms with Crippen LogP contribution in [0.3, 0.4) is 0 Å². The van der Waals surface area contributed by atoms with Crippen molar-refractivity contribution in [1.29, 1.82) is 0 Å². The Hall–Kier alpha value is -3.28. The molecule has 0 fully saturated rings. The fourth-order valence-electron chi connectivity index (χ4n) is 2.65. The van der Waals surface area contributed by atoms with E-state index in [0.717, 1.165) is 16.8 Å². The second kappa shape index (κ2) is 8.40. The molecule has 0 bridgehead atoms. The minimum absolute atomic E-state index is 0.269. The van der Waals surface area contributed by atoms with Gasteiger partial charge < -0.3 is 10.6 Å². The quantitative estimate of drug-likeness (QED) is 0.695. The number of anilines is 2. The Morgan fingerprint density at radius 2 is 1.81 bits per heavy atom. The Labute approximate surface area is 157 Å². The van der Waals surface area contributed by atoms with Gasteiger partial charge in [-0.3, -0.25) is 4.79 Å². The molecule has 0 saturated heterocycles. The highest BCUT2D eigenvalue weighted by Crippen LogP contribution is 2.15. The van der Waals surface area contributed by atoms with E-state index in [9.17, 15) is 9.18 Å². The molecule has 2 N–H and O–H groups in total. The summed E-state index contributed by atoms with van der Waals surface area (Å²) in [6, 6.07) is 15.7. The third kappa shape index (κ3) is 5.34. The minimum Gasteiger partial charge on any atom is -0.350 e. The second-order valence-corrected chi connectivity index (χ2v) is 6.35. The number of amides is 1. The largest absolute Gasteiger partial charge is 0.350 e. The molecule has 138 valence electrons. The first-order valence-electron chi connectivity index (χ1n) is 8.71. The number of nitrogens with zero attached hydrogens (tertiary/aromatic N) is 2. The Morgan fingerprint density at radius 3 is 2.56 bits per heavy atom. The highest BCUT2D eigenvalue weighted by atomic mass is 19.1. The van der Waals surface area contributed by atoms with Crippen molar-refractivity contribution in [2.45, 2.75) is 20.3 Å². The van der Waals surface area contributed by atoms with E-state index in [1.54, 1.807) is 18.2 Å². The molecule has 0 atom stereocenters. The van der Waals surface area contributed by atoms with Gasteiger partial charge in [-0.1, -0.05) is 24.3 Å². The Morgan fingerprint density at radius 1 is 1.04 bits per heavy atom. The van der Waals surface area contributed by atoms with Gasteiger partial charge in [-0.05, 0) is 61.7 Å². The van der Waals surface area contributed by atoms with Crippen molar-refractivity contribution in [1.82, 2.24) is 15.3 Å². The molecule has 0 saturated carbocycles. The normalized spacial score (nSPS) is 10.5. The fourth-order valence-corrected chi connectivity index (χ4v) is 2.65. The molecule has 3 aromatic rings. The van der Waals surface area contributed by atoms with Crippen molar-refractivity contribution in [3.8, 4) is 0 Å². The van der Waals surface area contributed by atoms with Crippen LogP contribution in [-0.4, -0.2) is 22.4 Å². The number of nitrogens with one attached hydrogen (secondary N) is 2. The lowest BCUT2D eigenvalue weighted by Gasteiger charge is -2.09. The van der Waals surface area contributed by atoms with Crippen LogP contribution in [0, 0.1) is 19.7 Å². The van der Waals surface area contributed by atoms with E-state index in [1.165, 1.54) is 12.1 Å². The van der Waals surface area contributed by atoms with Crippen molar-refractivity contribution in [3.05, 3.63) is 82.9 Å². The molecule has 5 nitrogen and oxygen atoms in total. The lowest BCUT2D eigenvalue weighted by molar-refractivity contribution is 0.0949. The number of carbonyl (C=O) groups is 1. The maximum atomic E-state index is 12.9. The first kappa shape index (κ1) is 18.5. The van der Waals surface area contributed by atoms with Crippen molar-refractivity contribution in [3.63, 3.8) is 0 Å². The molecular formula is C21H21FN4O. The molecular weight excluding hydrogens is 343 g/mol. The van der Waals surface area contributed by atoms with Crippen LogP contribution in [0.2, 0.25) is 0 Å². The van der Waals surface area contributed by atoms with E-state index in [1.807, 2.05) is 38.1 Å². The Balaban J connectivity index is 1.64. The van der Waals surface area contributed by atoms with Gasteiger partial charge >= 0.3 is 0 Å². The van der Waals surface area contributed by atoms with Crippen LogP contribution in [0.5, 0.6) is 0 Å². The molecule has 27 heavy (non-hydrogen) atoms. The maximum Gasteiger partial charge on any atom is 0.270 e. The molecule has 0 spiro atoms. The van der Waals surface area contributed by atoms with E-state index in [2.05, 4.69) is 20.6 Å². The number of aromatic nitrogens is 2. The molecule has 1 heterocycles. The number of hydrogen-bond donors (Lipinski definition) is 2. The van der Waals surface area contributed by atoms with Crippen molar-refractivity contribution >= 4 is 17.5 Å². The van der Waals surface area contributed by atoms with Crippen LogP contribution < -0.4 is 10.6 Å². The molecule has 1 amide bonds. The minimum atomic E-state index is -0.270. The molecule has 3 rings (SSSR count). The van der Waals surface area contributed by atoms with Gasteiger partial charge in [-0.2, -0.15) is 0 Å². The number of aryl methyl sites for hydroxylation is 2. The summed E-state index contributed by atoms with van der Waals surface area (Å²) in [7, 11) is 0. The van der Waals surface area contributed by atoms with Gasteiger partial charge in [0.1, 0.15) is 11.5 Å². The number of rotatable bonds is 6. The Bertz CT molecular complexity index is 941. The maximum absolute atomic E-state index is 12.9. The molecule has 0 unspecified atom stereocenters. The number of halogens is 1. The molecule has 0 aliphatic heterocycles. The van der Waals surface area contributed by atoms with Crippen molar-refractivity contribution in [2.24, 2.45) is 0 Å². The predicted octanol–water partition coefficient (Wildman–Crippen LogP) is 3.95. The molecule has 0 radical (unpaired) electrons. The molecule has 2 aromatic carbocycles. The average molecular weight is 364 g/mol. The summed E-state index contributed by atoms with van der Waals surface area (Å²) in [5, 5.41) is 5.97. The van der Waals surface area contributed by atoms with Crippen LogP contribution in [0.1, 0.15) is 27.3 Å². The first-order valence-corrected chi connectivity index (χ1v) is 8.71. The van der Waals surface area contributed by atoms with E-state index >= 15 is 0 Å². The number of benzene rings is 2. The summed E-state index contributed by atoms with van der Waals surface area (Å²) in [6.45, 7) is 4.26. The average Bonchev–Trinajstić information content (AvgIpc) is 2.63. The molecule has 0 aliphatic rings. The molecule has 1 aromatic heterocycles. The molecule has 6 heteroatoms. The van der Waals surface area contributed by atoms with Gasteiger partial charge in [0.25, 0.3) is 5.91 Å². The van der Waals surface area contributed by atoms with Gasteiger partial charge in [0.2, 0.25) is 5.95 Å². The standard InChI is InChI=1S/C21H21FN4O/c1-14-4-3-5-18(12-14)25-21-24-15(2)13-19(26-21)20(27)23-11-10-16-6-8-17(22)9-7-16/h3-9,12-13H,10-11H2,1-2H3,(H,23,27)(H,24,25,26). The summed E-state index contributed by atoms with van der Waals surface area (Å²) >= 11 is 0. The topological polar surface area (TPSA) is 66.9 Å². The third-order valence-corrected chi connectivity index (χ3v) is 3.97. The van der Waals surface area contributed by atoms with Gasteiger partial charge in [0, 0.05) is 17.9 Å². The first-order chi connectivity index (χ1) is 13.0. The zero-order valence-corrected chi connectivity index (χ0v) is 15.3. The van der Waals surface area contributed by atoms with Crippen LogP contribution >= 0.6 is 0 Å². The summed E-state index contributed by atoms with van der Waals surface area (Å²) in [5.74, 6) is -0.160. The van der Waals surface area contributed by atoms with Gasteiger partial charge in [0.05, 0.1) is 0 Å². The van der Waals surface area contributed by atoms with Crippen LogP contribution in [-0.2, 0) is 6.42 Å². The number of carbonyl (C=O) groups excluding carboxylic acids is 1. The SMILES string of the molecule is Cc1cccc(Nc2nc(C)cc(C(=O)NCCc3ccc(F)cc3)n2)c1. The monoisotopic (exact) mass is 364 g/mol. The second-order valence-electron chi connectivity index (χ2n) is 6.35. The van der Waals surface area contributed by atoms with E-state index in [4.69, 9.17) is 0 Å². The van der Waals surface area contributed by atoms with Crippen molar-refractivity contribution < 1.29 is 9.18 Å². The Kier molecular flexibility index (Phi) is 5.76. The van der Waals surface area contributed by atoms with E-state index in [0.29, 0.717) is 30.3 Å². The van der Waals surface area contributed by atoms with Crippen LogP contribution in [0.25, 0.3) is 0 Å². The predicted molar refractivity (Wildman–Crippen MR) is 104 cm³/mol. The summed E-state index contributed by atoms with van der Waals surface area (Å²) in [4.78, 5) is 21.1. The summed E-state index contributed by atoms with van der Waals surface area (Å²) < 4.78 is 12.9. The fraction of sp³-hybridized carbons (Fsp3) is 0.190. The zero-order chi connectivity index (χ0) is 19.2. The lowest BCUT2D eigenvalue weighted by Crippen LogP contribution is -2.27. The third-order valence-electron chi connectivity index (χ3n) is 3.97. The van der Waals surface area contributed by atoms with E-state index < -0.39 is 0 Å². The number of hydrogen-bond acceptors (Lipinski definition) is 4. The zero-order valence-electron chi connectivity index (χ0n) is 15.3. The lowest BCUT2D eigenvalue weighted by atomic mass is 10.1. The van der Waals surface area contributed by atoms with Gasteiger partial charge in [0.15, 0.2) is 0 Å². The van der Waals surface area contributed by atoms with Crippen LogP contribution in [0.15, 0.2) is 54.6 Å².